The molecule has 2 aliphatic rings. The molecule has 0 bridgehead atoms. The molecule has 10 nitrogen and oxygen atoms in total. The van der Waals surface area contributed by atoms with Crippen molar-refractivity contribution in [3.8, 4) is 11.6 Å². The summed E-state index contributed by atoms with van der Waals surface area (Å²) in [7, 11) is 0. The number of hydrogen-bond donors (Lipinski definition) is 1. The number of nitrogens with zero attached hydrogens (tertiary/aromatic N) is 7. The monoisotopic (exact) mass is 470 g/mol. The fraction of sp³-hybridized carbons (Fsp3) is 0.250. The molecule has 7 rings (SSSR count). The largest absolute Gasteiger partial charge is 0.411 e. The average Bonchev–Trinajstić information content (AvgIpc) is 3.25. The number of aromatic amines is 1. The van der Waals surface area contributed by atoms with Crippen molar-refractivity contribution in [1.82, 2.24) is 39.7 Å². The number of hydrogen-bond acceptors (Lipinski definition) is 7. The fourth-order valence-electron chi connectivity index (χ4n) is 4.80. The summed E-state index contributed by atoms with van der Waals surface area (Å²) in [5.74, 6) is -0.919. The molecule has 1 fully saturated rings. The van der Waals surface area contributed by atoms with E-state index >= 15 is 0 Å². The van der Waals surface area contributed by atoms with Crippen molar-refractivity contribution in [2.75, 3.05) is 6.54 Å². The van der Waals surface area contributed by atoms with Gasteiger partial charge in [0.1, 0.15) is 6.04 Å². The Morgan fingerprint density at radius 1 is 1.17 bits per heavy atom. The van der Waals surface area contributed by atoms with E-state index in [1.54, 1.807) is 11.2 Å². The van der Waals surface area contributed by atoms with E-state index in [0.717, 1.165) is 16.9 Å². The topological polar surface area (TPSA) is 118 Å². The molecule has 1 atom stereocenters. The van der Waals surface area contributed by atoms with Crippen LogP contribution in [0.25, 0.3) is 17.1 Å². The number of pyridine rings is 2. The smallest absolute Gasteiger partial charge is 0.312 e. The van der Waals surface area contributed by atoms with Crippen molar-refractivity contribution >= 4 is 11.4 Å². The van der Waals surface area contributed by atoms with Crippen LogP contribution in [0.4, 0.5) is 4.39 Å². The Hall–Kier alpha value is -4.41. The zero-order valence-corrected chi connectivity index (χ0v) is 18.4. The van der Waals surface area contributed by atoms with Crippen LogP contribution in [0.1, 0.15) is 58.1 Å². The van der Waals surface area contributed by atoms with E-state index in [1.807, 2.05) is 22.8 Å². The van der Waals surface area contributed by atoms with Crippen molar-refractivity contribution in [1.29, 1.82) is 0 Å². The summed E-state index contributed by atoms with van der Waals surface area (Å²) in [5.41, 5.74) is 4.59. The Morgan fingerprint density at radius 3 is 2.94 bits per heavy atom. The molecule has 174 valence electrons. The molecule has 35 heavy (non-hydrogen) atoms. The van der Waals surface area contributed by atoms with Gasteiger partial charge in [0, 0.05) is 31.1 Å². The van der Waals surface area contributed by atoms with E-state index in [0.29, 0.717) is 24.6 Å². The van der Waals surface area contributed by atoms with Crippen molar-refractivity contribution in [2.45, 2.75) is 31.2 Å². The Morgan fingerprint density at radius 2 is 2.09 bits per heavy atom. The van der Waals surface area contributed by atoms with Gasteiger partial charge in [-0.25, -0.2) is 18.9 Å². The van der Waals surface area contributed by atoms with Gasteiger partial charge in [-0.3, -0.25) is 4.79 Å². The third kappa shape index (κ3) is 3.22. The quantitative estimate of drug-likeness (QED) is 0.428. The number of H-pyrrole nitrogens is 1. The van der Waals surface area contributed by atoms with Gasteiger partial charge < -0.3 is 14.3 Å². The van der Waals surface area contributed by atoms with Gasteiger partial charge >= 0.3 is 11.8 Å². The number of amides is 1. The van der Waals surface area contributed by atoms with Crippen LogP contribution in [0, 0.1) is 5.82 Å². The van der Waals surface area contributed by atoms with Gasteiger partial charge in [0.2, 0.25) is 0 Å². The van der Waals surface area contributed by atoms with E-state index in [4.69, 9.17) is 9.52 Å². The van der Waals surface area contributed by atoms with E-state index < -0.39 is 17.8 Å². The molecule has 5 aromatic heterocycles. The molecule has 11 heteroatoms. The fourth-order valence-corrected chi connectivity index (χ4v) is 4.80. The number of halogens is 1. The molecule has 0 radical (unpaired) electrons. The number of carbonyl (C=O) groups is 1. The van der Waals surface area contributed by atoms with Crippen LogP contribution in [0.2, 0.25) is 0 Å². The van der Waals surface area contributed by atoms with E-state index in [2.05, 4.69) is 31.2 Å². The van der Waals surface area contributed by atoms with E-state index in [9.17, 15) is 9.18 Å². The Balaban J connectivity index is 1.29. The molecule has 0 aromatic carbocycles. The van der Waals surface area contributed by atoms with Crippen LogP contribution < -0.4 is 0 Å². The molecular weight excluding hydrogens is 451 g/mol. The normalized spacial score (nSPS) is 17.6. The SMILES string of the molecule is O=C(c1nnc(-c2ncccc2F)o1)N1CCc2[nH]cnc2[C@H]1c1cc2c(C3CC3)cccn2n1. The van der Waals surface area contributed by atoms with Gasteiger partial charge in [0.25, 0.3) is 5.89 Å². The first-order chi connectivity index (χ1) is 17.2. The van der Waals surface area contributed by atoms with Gasteiger partial charge in [-0.05, 0) is 48.6 Å². The first-order valence-electron chi connectivity index (χ1n) is 11.4. The standard InChI is InChI=1S/C24H19FN8O2/c25-15-4-1-8-26-19(15)22-29-30-23(35-22)24(34)32-10-7-16-20(28-12-27-16)21(32)17-11-18-14(13-5-6-13)3-2-9-33(18)31-17/h1-4,8-9,11-13,21H,5-7,10H2,(H,27,28)/t21-/m1/s1. The van der Waals surface area contributed by atoms with Crippen molar-refractivity contribution in [3.63, 3.8) is 0 Å². The molecule has 0 spiro atoms. The molecule has 1 N–H and O–H groups in total. The minimum atomic E-state index is -0.608. The summed E-state index contributed by atoms with van der Waals surface area (Å²) in [5, 5.41) is 12.6. The first-order valence-corrected chi connectivity index (χ1v) is 11.4. The first kappa shape index (κ1) is 20.0. The van der Waals surface area contributed by atoms with Crippen molar-refractivity contribution in [2.24, 2.45) is 0 Å². The highest BCUT2D eigenvalue weighted by molar-refractivity contribution is 5.90. The van der Waals surface area contributed by atoms with Crippen LogP contribution >= 0.6 is 0 Å². The van der Waals surface area contributed by atoms with Crippen molar-refractivity contribution in [3.05, 3.63) is 83.4 Å². The zero-order chi connectivity index (χ0) is 23.5. The summed E-state index contributed by atoms with van der Waals surface area (Å²) < 4.78 is 21.6. The Labute approximate surface area is 197 Å². The van der Waals surface area contributed by atoms with Gasteiger partial charge in [-0.2, -0.15) is 5.10 Å². The van der Waals surface area contributed by atoms with Gasteiger partial charge in [-0.15, -0.1) is 10.2 Å². The highest BCUT2D eigenvalue weighted by Gasteiger charge is 2.38. The number of nitrogens with one attached hydrogen (secondary N) is 1. The van der Waals surface area contributed by atoms with Crippen LogP contribution in [0.3, 0.4) is 0 Å². The summed E-state index contributed by atoms with van der Waals surface area (Å²) in [6.45, 7) is 0.401. The highest BCUT2D eigenvalue weighted by Crippen LogP contribution is 2.43. The molecule has 1 saturated carbocycles. The maximum Gasteiger partial charge on any atom is 0.312 e. The van der Waals surface area contributed by atoms with Crippen molar-refractivity contribution < 1.29 is 13.6 Å². The minimum absolute atomic E-state index is 0.100. The van der Waals surface area contributed by atoms with E-state index in [-0.39, 0.29) is 17.5 Å². The number of carbonyl (C=O) groups excluding carboxylic acids is 1. The second-order valence-corrected chi connectivity index (χ2v) is 8.80. The minimum Gasteiger partial charge on any atom is -0.411 e. The second-order valence-electron chi connectivity index (χ2n) is 8.80. The summed E-state index contributed by atoms with van der Waals surface area (Å²) in [4.78, 5) is 26.9. The molecule has 6 heterocycles. The molecule has 5 aromatic rings. The lowest BCUT2D eigenvalue weighted by molar-refractivity contribution is 0.0646. The third-order valence-corrected chi connectivity index (χ3v) is 6.61. The predicted octanol–water partition coefficient (Wildman–Crippen LogP) is 3.31. The number of aromatic nitrogens is 7. The molecule has 0 unspecified atom stereocenters. The predicted molar refractivity (Wildman–Crippen MR) is 120 cm³/mol. The molecular formula is C24H19FN8O2. The van der Waals surface area contributed by atoms with Crippen LogP contribution in [0.5, 0.6) is 0 Å². The number of fused-ring (bicyclic) bond motifs is 2. The van der Waals surface area contributed by atoms with Gasteiger partial charge in [0.05, 0.1) is 23.2 Å². The summed E-state index contributed by atoms with van der Waals surface area (Å²) in [6, 6.07) is 8.34. The van der Waals surface area contributed by atoms with E-state index in [1.165, 1.54) is 36.7 Å². The summed E-state index contributed by atoms with van der Waals surface area (Å²) in [6.07, 6.45) is 7.90. The second kappa shape index (κ2) is 7.55. The van der Waals surface area contributed by atoms with Gasteiger partial charge in [0.15, 0.2) is 11.5 Å². The third-order valence-electron chi connectivity index (χ3n) is 6.61. The summed E-state index contributed by atoms with van der Waals surface area (Å²) >= 11 is 0. The molecule has 0 saturated heterocycles. The molecule has 1 amide bonds. The van der Waals surface area contributed by atoms with Crippen LogP contribution in [-0.4, -0.2) is 52.1 Å². The lowest BCUT2D eigenvalue weighted by Crippen LogP contribution is -2.41. The Kier molecular flexibility index (Phi) is 4.32. The number of imidazole rings is 1. The molecule has 1 aliphatic heterocycles. The average molecular weight is 470 g/mol. The highest BCUT2D eigenvalue weighted by atomic mass is 19.1. The maximum absolute atomic E-state index is 14.1. The van der Waals surface area contributed by atoms with Gasteiger partial charge in [-0.1, -0.05) is 6.07 Å². The Bertz CT molecular complexity index is 1580. The lowest BCUT2D eigenvalue weighted by atomic mass is 9.99. The lowest BCUT2D eigenvalue weighted by Gasteiger charge is -2.32. The van der Waals surface area contributed by atoms with Crippen LogP contribution in [-0.2, 0) is 6.42 Å². The van der Waals surface area contributed by atoms with Crippen LogP contribution in [0.15, 0.2) is 53.5 Å². The maximum atomic E-state index is 14.1. The zero-order valence-electron chi connectivity index (χ0n) is 18.4. The molecule has 1 aliphatic carbocycles. The number of rotatable bonds is 4.